The Bertz CT molecular complexity index is 1770. The van der Waals surface area contributed by atoms with E-state index in [2.05, 4.69) is 183 Å². The fraction of sp³-hybridized carbons (Fsp3) is 0.0476. The number of allylic oxidation sites excluding steroid dienone is 2. The molecule has 0 saturated carbocycles. The maximum absolute atomic E-state index is 2.53. The van der Waals surface area contributed by atoms with Crippen LogP contribution >= 0.6 is 0 Å². The molecule has 0 aliphatic carbocycles. The van der Waals surface area contributed by atoms with Gasteiger partial charge in [-0.2, -0.15) is 23.5 Å². The molecule has 0 radical (unpaired) electrons. The quantitative estimate of drug-likeness (QED) is 0.176. The Hall–Kier alpha value is -4.98. The summed E-state index contributed by atoms with van der Waals surface area (Å²) < 4.78 is 0. The van der Waals surface area contributed by atoms with E-state index < -0.39 is 8.07 Å². The minimum absolute atomic E-state index is 1.25. The summed E-state index contributed by atoms with van der Waals surface area (Å²) in [5, 5.41) is 3.00. The molecule has 1 aliphatic heterocycles. The van der Waals surface area contributed by atoms with Crippen LogP contribution in [0.4, 0.5) is 0 Å². The molecule has 0 saturated heterocycles. The van der Waals surface area contributed by atoms with Crippen LogP contribution in [0.2, 0.25) is 13.1 Å². The summed E-state index contributed by atoms with van der Waals surface area (Å²) in [6.45, 7) is 5.07. The molecule has 0 atom stereocenters. The van der Waals surface area contributed by atoms with Crippen molar-refractivity contribution in [2.45, 2.75) is 13.1 Å². The molecular formula is C42H34Si-. The highest BCUT2D eigenvalue weighted by molar-refractivity contribution is 7.13. The van der Waals surface area contributed by atoms with Gasteiger partial charge >= 0.3 is 0 Å². The van der Waals surface area contributed by atoms with Crippen molar-refractivity contribution in [3.8, 4) is 22.3 Å². The largest absolute Gasteiger partial charge is 0.165 e. The van der Waals surface area contributed by atoms with Gasteiger partial charge in [0, 0.05) is 0 Å². The molecule has 6 aromatic rings. The maximum Gasteiger partial charge on any atom is -0.0184 e. The molecule has 6 aromatic carbocycles. The van der Waals surface area contributed by atoms with Crippen LogP contribution in [0, 0.1) is 0 Å². The summed E-state index contributed by atoms with van der Waals surface area (Å²) in [6, 6.07) is 61.9. The molecule has 0 unspecified atom stereocenters. The van der Waals surface area contributed by atoms with Crippen LogP contribution in [0.1, 0.15) is 22.3 Å². The Kier molecular flexibility index (Phi) is 7.10. The zero-order valence-electron chi connectivity index (χ0n) is 24.7. The first-order valence-electron chi connectivity index (χ1n) is 15.0. The minimum atomic E-state index is -2.21. The van der Waals surface area contributed by atoms with Crippen molar-refractivity contribution in [2.24, 2.45) is 0 Å². The van der Waals surface area contributed by atoms with E-state index in [9.17, 15) is 0 Å². The summed E-state index contributed by atoms with van der Waals surface area (Å²) in [5.41, 5.74) is 12.9. The fourth-order valence-electron chi connectivity index (χ4n) is 6.72. The monoisotopic (exact) mass is 566 g/mol. The summed E-state index contributed by atoms with van der Waals surface area (Å²) in [5.74, 6) is 0. The van der Waals surface area contributed by atoms with Crippen molar-refractivity contribution in [3.05, 3.63) is 192 Å². The van der Waals surface area contributed by atoms with Gasteiger partial charge in [-0.3, -0.25) is 0 Å². The van der Waals surface area contributed by atoms with Crippen LogP contribution in [0.3, 0.4) is 0 Å². The summed E-state index contributed by atoms with van der Waals surface area (Å²) in [7, 11) is -2.21. The van der Waals surface area contributed by atoms with Gasteiger partial charge in [0.2, 0.25) is 0 Å². The lowest BCUT2D eigenvalue weighted by atomic mass is 9.89. The van der Waals surface area contributed by atoms with E-state index in [0.717, 1.165) is 0 Å². The molecule has 1 heterocycles. The summed E-state index contributed by atoms with van der Waals surface area (Å²) in [6.07, 6.45) is 0. The smallest absolute Gasteiger partial charge is 0.0184 e. The second-order valence-electron chi connectivity index (χ2n) is 11.7. The zero-order valence-corrected chi connectivity index (χ0v) is 25.7. The molecule has 0 N–H and O–H groups in total. The molecule has 0 bridgehead atoms. The van der Waals surface area contributed by atoms with E-state index in [0.29, 0.717) is 0 Å². The zero-order chi connectivity index (χ0) is 29.2. The third-order valence-corrected chi connectivity index (χ3v) is 12.3. The normalized spacial score (nSPS) is 14.3. The Labute approximate surface area is 256 Å². The van der Waals surface area contributed by atoms with Gasteiger partial charge in [0.25, 0.3) is 0 Å². The highest BCUT2D eigenvalue weighted by Crippen LogP contribution is 2.55. The van der Waals surface area contributed by atoms with Crippen molar-refractivity contribution >= 4 is 29.6 Å². The Morgan fingerprint density at radius 3 is 0.791 bits per heavy atom. The molecule has 1 heteroatoms. The van der Waals surface area contributed by atoms with Gasteiger partial charge in [-0.1, -0.05) is 189 Å². The first kappa shape index (κ1) is 26.9. The van der Waals surface area contributed by atoms with Crippen molar-refractivity contribution < 1.29 is 0 Å². The minimum Gasteiger partial charge on any atom is -0.165 e. The van der Waals surface area contributed by atoms with Crippen molar-refractivity contribution in [1.29, 1.82) is 0 Å². The van der Waals surface area contributed by atoms with Crippen LogP contribution in [-0.4, -0.2) is 8.07 Å². The average Bonchev–Trinajstić information content (AvgIpc) is 3.33. The Morgan fingerprint density at radius 1 is 0.256 bits per heavy atom. The lowest BCUT2D eigenvalue weighted by Gasteiger charge is -2.38. The van der Waals surface area contributed by atoms with Crippen LogP contribution in [-0.2, 0) is 0 Å². The second kappa shape index (κ2) is 11.4. The molecule has 0 amide bonds. The van der Waals surface area contributed by atoms with Crippen molar-refractivity contribution in [1.82, 2.24) is 0 Å². The molecule has 0 spiro atoms. The number of rotatable bonds is 6. The summed E-state index contributed by atoms with van der Waals surface area (Å²) >= 11 is 0. The van der Waals surface area contributed by atoms with Gasteiger partial charge in [-0.25, -0.2) is 0 Å². The Morgan fingerprint density at radius 2 is 0.488 bits per heavy atom. The van der Waals surface area contributed by atoms with Crippen LogP contribution in [0.15, 0.2) is 170 Å². The van der Waals surface area contributed by atoms with Crippen LogP contribution < -0.4 is 0 Å². The molecular weight excluding hydrogens is 533 g/mol. The van der Waals surface area contributed by atoms with E-state index in [1.54, 1.807) is 0 Å². The first-order chi connectivity index (χ1) is 21.1. The van der Waals surface area contributed by atoms with E-state index in [1.807, 2.05) is 0 Å². The van der Waals surface area contributed by atoms with Gasteiger partial charge in [0.05, 0.1) is 0 Å². The van der Waals surface area contributed by atoms with Crippen LogP contribution in [0.25, 0.3) is 43.8 Å². The first-order valence-corrected chi connectivity index (χ1v) is 18.0. The van der Waals surface area contributed by atoms with Crippen molar-refractivity contribution in [3.63, 3.8) is 0 Å². The predicted octanol–water partition coefficient (Wildman–Crippen LogP) is 11.3. The third kappa shape index (κ3) is 5.03. The van der Waals surface area contributed by atoms with E-state index >= 15 is 0 Å². The topological polar surface area (TPSA) is 0 Å². The fourth-order valence-corrected chi connectivity index (χ4v) is 10.5. The maximum atomic E-state index is 2.53. The van der Waals surface area contributed by atoms with Gasteiger partial charge < -0.3 is 0 Å². The van der Waals surface area contributed by atoms with Gasteiger partial charge in [-0.15, -0.1) is 0 Å². The van der Waals surface area contributed by atoms with Gasteiger partial charge in [0.1, 0.15) is 0 Å². The van der Waals surface area contributed by atoms with Crippen LogP contribution in [0.5, 0.6) is 0 Å². The van der Waals surface area contributed by atoms with Gasteiger partial charge in [0.15, 0.2) is 0 Å². The second-order valence-corrected chi connectivity index (χ2v) is 16.0. The summed E-state index contributed by atoms with van der Waals surface area (Å²) in [4.78, 5) is 0. The van der Waals surface area contributed by atoms with E-state index in [4.69, 9.17) is 0 Å². The predicted molar refractivity (Wildman–Crippen MR) is 188 cm³/mol. The molecule has 43 heavy (non-hydrogen) atoms. The van der Waals surface area contributed by atoms with Gasteiger partial charge in [-0.05, 0) is 44.5 Å². The number of benzene rings is 6. The molecule has 1 aliphatic rings. The highest BCUT2D eigenvalue weighted by atomic mass is 28.3. The molecule has 0 fully saturated rings. The number of hydrogen-bond donors (Lipinski definition) is 0. The SMILES string of the molecule is C[Si-]1(C)C(c2ccc(-c3ccccc3)cc2)=C(c2ccccc2)C(c2ccccc2)=C1c1ccc(-c2ccccc2)cc1. The van der Waals surface area contributed by atoms with E-state index in [-0.39, 0.29) is 0 Å². The molecule has 0 aromatic heterocycles. The highest BCUT2D eigenvalue weighted by Gasteiger charge is 2.34. The number of hydrogen-bond acceptors (Lipinski definition) is 0. The Balaban J connectivity index is 1.45. The molecule has 0 nitrogen and oxygen atoms in total. The molecule has 207 valence electrons. The third-order valence-electron chi connectivity index (χ3n) is 8.69. The molecule has 7 rings (SSSR count). The lowest BCUT2D eigenvalue weighted by molar-refractivity contribution is 1.57. The van der Waals surface area contributed by atoms with E-state index in [1.165, 1.54) is 66.0 Å². The standard InChI is InChI=1S/C42H34Si/c1-43(2)41(37-27-23-33(24-28-37)31-15-7-3-8-16-31)39(35-19-11-5-12-20-35)40(36-21-13-6-14-22-36)42(43)38-29-25-34(26-30-38)32-17-9-4-10-18-32/h3-30H,1-2H3/q-1. The van der Waals surface area contributed by atoms with Crippen molar-refractivity contribution in [2.75, 3.05) is 0 Å². The lowest BCUT2D eigenvalue weighted by Crippen LogP contribution is -2.28. The average molecular weight is 567 g/mol.